The number of hydrogen-bond donors (Lipinski definition) is 0. The van der Waals surface area contributed by atoms with Crippen LogP contribution in [0.25, 0.3) is 11.4 Å². The molecule has 1 aromatic heterocycles. The van der Waals surface area contributed by atoms with E-state index in [1.165, 1.54) is 11.1 Å². The molecule has 2 aromatic carbocycles. The number of aromatic nitrogens is 2. The third-order valence-corrected chi connectivity index (χ3v) is 4.75. The van der Waals surface area contributed by atoms with Gasteiger partial charge < -0.3 is 4.52 Å². The molecule has 4 rings (SSSR count). The summed E-state index contributed by atoms with van der Waals surface area (Å²) in [5.41, 5.74) is 3.75. The molecule has 2 heterocycles. The number of aryl methyl sites for hydroxylation is 1. The first kappa shape index (κ1) is 15.1. The first-order valence-corrected chi connectivity index (χ1v) is 8.45. The standard InChI is InChI=1S/C20H21N3O/c1-15-7-5-6-10-17(15)13-23-12-11-18(14-23)20-21-19(22-24-20)16-8-3-2-4-9-16/h2-10,18H,11-14H2,1H3/t18-/m1/s1. The third kappa shape index (κ3) is 3.10. The van der Waals surface area contributed by atoms with Gasteiger partial charge in [-0.1, -0.05) is 59.8 Å². The van der Waals surface area contributed by atoms with Crippen molar-refractivity contribution in [3.63, 3.8) is 0 Å². The Bertz CT molecular complexity index is 813. The fourth-order valence-corrected chi connectivity index (χ4v) is 3.31. The molecule has 0 bridgehead atoms. The van der Waals surface area contributed by atoms with E-state index in [2.05, 4.69) is 46.2 Å². The molecule has 0 saturated carbocycles. The van der Waals surface area contributed by atoms with Crippen LogP contribution in [0.3, 0.4) is 0 Å². The Morgan fingerprint density at radius 1 is 1.08 bits per heavy atom. The summed E-state index contributed by atoms with van der Waals surface area (Å²) in [6.07, 6.45) is 1.07. The van der Waals surface area contributed by atoms with E-state index >= 15 is 0 Å². The maximum absolute atomic E-state index is 5.54. The van der Waals surface area contributed by atoms with E-state index in [9.17, 15) is 0 Å². The monoisotopic (exact) mass is 319 g/mol. The van der Waals surface area contributed by atoms with Crippen molar-refractivity contribution in [3.8, 4) is 11.4 Å². The number of benzene rings is 2. The molecule has 0 N–H and O–H groups in total. The molecular formula is C20H21N3O. The zero-order chi connectivity index (χ0) is 16.4. The van der Waals surface area contributed by atoms with Crippen molar-refractivity contribution in [3.05, 3.63) is 71.6 Å². The Labute approximate surface area is 142 Å². The molecule has 4 heteroatoms. The van der Waals surface area contributed by atoms with Crippen LogP contribution < -0.4 is 0 Å². The van der Waals surface area contributed by atoms with E-state index in [1.54, 1.807) is 0 Å². The van der Waals surface area contributed by atoms with E-state index in [0.717, 1.165) is 37.5 Å². The number of hydrogen-bond acceptors (Lipinski definition) is 4. The molecule has 0 amide bonds. The zero-order valence-corrected chi connectivity index (χ0v) is 13.9. The molecule has 1 aliphatic heterocycles. The lowest BCUT2D eigenvalue weighted by Gasteiger charge is -2.16. The molecule has 3 aromatic rings. The van der Waals surface area contributed by atoms with Gasteiger partial charge in [0, 0.05) is 18.7 Å². The van der Waals surface area contributed by atoms with E-state index < -0.39 is 0 Å². The van der Waals surface area contributed by atoms with Gasteiger partial charge >= 0.3 is 0 Å². The molecule has 1 atom stereocenters. The van der Waals surface area contributed by atoms with E-state index in [1.807, 2.05) is 30.3 Å². The minimum atomic E-state index is 0.332. The lowest BCUT2D eigenvalue weighted by atomic mass is 10.1. The molecule has 122 valence electrons. The predicted molar refractivity (Wildman–Crippen MR) is 93.5 cm³/mol. The van der Waals surface area contributed by atoms with Crippen LogP contribution in [-0.4, -0.2) is 28.1 Å². The second-order valence-corrected chi connectivity index (χ2v) is 6.47. The van der Waals surface area contributed by atoms with Crippen LogP contribution in [0.5, 0.6) is 0 Å². The Morgan fingerprint density at radius 3 is 2.71 bits per heavy atom. The molecule has 0 radical (unpaired) electrons. The van der Waals surface area contributed by atoms with Crippen LogP contribution in [-0.2, 0) is 6.54 Å². The highest BCUT2D eigenvalue weighted by molar-refractivity contribution is 5.53. The first-order valence-electron chi connectivity index (χ1n) is 8.45. The number of rotatable bonds is 4. The summed E-state index contributed by atoms with van der Waals surface area (Å²) in [7, 11) is 0. The molecule has 0 spiro atoms. The molecule has 1 saturated heterocycles. The van der Waals surface area contributed by atoms with Gasteiger partial charge in [0.15, 0.2) is 0 Å². The number of likely N-dealkylation sites (tertiary alicyclic amines) is 1. The Balaban J connectivity index is 1.44. The highest BCUT2D eigenvalue weighted by Crippen LogP contribution is 2.29. The second-order valence-electron chi connectivity index (χ2n) is 6.47. The number of nitrogens with zero attached hydrogens (tertiary/aromatic N) is 3. The SMILES string of the molecule is Cc1ccccc1CN1CC[C@@H](c2nc(-c3ccccc3)no2)C1. The van der Waals surface area contributed by atoms with Crippen molar-refractivity contribution < 1.29 is 4.52 Å². The Kier molecular flexibility index (Phi) is 4.13. The van der Waals surface area contributed by atoms with Gasteiger partial charge in [0.25, 0.3) is 0 Å². The normalized spacial score (nSPS) is 18.1. The van der Waals surface area contributed by atoms with Gasteiger partial charge in [-0.2, -0.15) is 4.98 Å². The van der Waals surface area contributed by atoms with Gasteiger partial charge in [0.2, 0.25) is 11.7 Å². The third-order valence-electron chi connectivity index (χ3n) is 4.75. The average molecular weight is 319 g/mol. The van der Waals surface area contributed by atoms with Gasteiger partial charge in [-0.15, -0.1) is 0 Å². The van der Waals surface area contributed by atoms with Gasteiger partial charge in [-0.25, -0.2) is 0 Å². The highest BCUT2D eigenvalue weighted by Gasteiger charge is 2.28. The maximum Gasteiger partial charge on any atom is 0.231 e. The summed E-state index contributed by atoms with van der Waals surface area (Å²) in [5.74, 6) is 1.78. The fraction of sp³-hybridized carbons (Fsp3) is 0.300. The smallest absolute Gasteiger partial charge is 0.231 e. The van der Waals surface area contributed by atoms with Crippen LogP contribution in [0.1, 0.15) is 29.4 Å². The zero-order valence-electron chi connectivity index (χ0n) is 13.9. The average Bonchev–Trinajstić information content (AvgIpc) is 3.27. The van der Waals surface area contributed by atoms with E-state index in [-0.39, 0.29) is 0 Å². The van der Waals surface area contributed by atoms with Crippen LogP contribution in [0.2, 0.25) is 0 Å². The summed E-state index contributed by atoms with van der Waals surface area (Å²) in [6.45, 7) is 5.21. The quantitative estimate of drug-likeness (QED) is 0.728. The molecule has 24 heavy (non-hydrogen) atoms. The van der Waals surface area contributed by atoms with Crippen LogP contribution in [0.15, 0.2) is 59.1 Å². The predicted octanol–water partition coefficient (Wildman–Crippen LogP) is 4.03. The molecule has 4 nitrogen and oxygen atoms in total. The van der Waals surface area contributed by atoms with Gasteiger partial charge in [-0.3, -0.25) is 4.90 Å². The molecule has 1 fully saturated rings. The van der Waals surface area contributed by atoms with Crippen LogP contribution >= 0.6 is 0 Å². The Morgan fingerprint density at radius 2 is 1.88 bits per heavy atom. The van der Waals surface area contributed by atoms with Gasteiger partial charge in [-0.05, 0) is 31.0 Å². The van der Waals surface area contributed by atoms with Crippen molar-refractivity contribution in [2.24, 2.45) is 0 Å². The molecule has 0 aliphatic carbocycles. The van der Waals surface area contributed by atoms with Crippen molar-refractivity contribution in [1.82, 2.24) is 15.0 Å². The van der Waals surface area contributed by atoms with E-state index in [0.29, 0.717) is 11.7 Å². The minimum Gasteiger partial charge on any atom is -0.339 e. The lowest BCUT2D eigenvalue weighted by molar-refractivity contribution is 0.309. The van der Waals surface area contributed by atoms with E-state index in [4.69, 9.17) is 4.52 Å². The highest BCUT2D eigenvalue weighted by atomic mass is 16.5. The maximum atomic E-state index is 5.54. The summed E-state index contributed by atoms with van der Waals surface area (Å²) >= 11 is 0. The summed E-state index contributed by atoms with van der Waals surface area (Å²) < 4.78 is 5.54. The molecular weight excluding hydrogens is 298 g/mol. The molecule has 1 aliphatic rings. The summed E-state index contributed by atoms with van der Waals surface area (Å²) in [5, 5.41) is 4.15. The van der Waals surface area contributed by atoms with Crippen LogP contribution in [0, 0.1) is 6.92 Å². The van der Waals surface area contributed by atoms with Gasteiger partial charge in [0.1, 0.15) is 0 Å². The van der Waals surface area contributed by atoms with Crippen molar-refractivity contribution in [1.29, 1.82) is 0 Å². The summed E-state index contributed by atoms with van der Waals surface area (Å²) in [6, 6.07) is 18.6. The van der Waals surface area contributed by atoms with Gasteiger partial charge in [0.05, 0.1) is 5.92 Å². The van der Waals surface area contributed by atoms with Crippen molar-refractivity contribution >= 4 is 0 Å². The van der Waals surface area contributed by atoms with Crippen molar-refractivity contribution in [2.75, 3.05) is 13.1 Å². The first-order chi connectivity index (χ1) is 11.8. The molecule has 0 unspecified atom stereocenters. The lowest BCUT2D eigenvalue weighted by Crippen LogP contribution is -2.20. The van der Waals surface area contributed by atoms with Crippen molar-refractivity contribution in [2.45, 2.75) is 25.8 Å². The topological polar surface area (TPSA) is 42.2 Å². The fourth-order valence-electron chi connectivity index (χ4n) is 3.31. The largest absolute Gasteiger partial charge is 0.339 e. The Hall–Kier alpha value is -2.46. The van der Waals surface area contributed by atoms with Crippen LogP contribution in [0.4, 0.5) is 0 Å². The summed E-state index contributed by atoms with van der Waals surface area (Å²) in [4.78, 5) is 7.09. The minimum absolute atomic E-state index is 0.332. The second kappa shape index (κ2) is 6.57.